The number of hydrogen-bond acceptors (Lipinski definition) is 6. The first-order chi connectivity index (χ1) is 9.50. The predicted molar refractivity (Wildman–Crippen MR) is 70.2 cm³/mol. The topological polar surface area (TPSA) is 88.4 Å². The van der Waals surface area contributed by atoms with Crippen LogP contribution in [0, 0.1) is 0 Å². The zero-order valence-corrected chi connectivity index (χ0v) is 11.5. The molecule has 1 saturated heterocycles. The van der Waals surface area contributed by atoms with Crippen LogP contribution in [0.4, 0.5) is 0 Å². The normalized spacial score (nSPS) is 37.6. The van der Waals surface area contributed by atoms with Crippen molar-refractivity contribution in [3.63, 3.8) is 0 Å². The van der Waals surface area contributed by atoms with Crippen LogP contribution < -0.4 is 4.74 Å². The number of aliphatic hydroxyl groups is 3. The van der Waals surface area contributed by atoms with Crippen molar-refractivity contribution in [2.24, 2.45) is 0 Å². The van der Waals surface area contributed by atoms with Gasteiger partial charge in [-0.15, -0.1) is 0 Å². The summed E-state index contributed by atoms with van der Waals surface area (Å²) in [5.41, 5.74) is -1.62. The standard InChI is InChI=1S/C14H20O6/c1-14(17)11(16)13(18-2)20-10(8-15)12(14)19-9-6-4-3-5-7-9/h3-7,10-13,15-17H,8H2,1-2H3/t10-,11+,12+,13+,14+/m1/s1. The lowest BCUT2D eigenvalue weighted by Gasteiger charge is -2.47. The average Bonchev–Trinajstić information content (AvgIpc) is 2.46. The van der Waals surface area contributed by atoms with Gasteiger partial charge in [0.2, 0.25) is 0 Å². The Bertz CT molecular complexity index is 421. The van der Waals surface area contributed by atoms with Gasteiger partial charge in [0.25, 0.3) is 0 Å². The first-order valence-corrected chi connectivity index (χ1v) is 6.42. The molecule has 0 aromatic heterocycles. The summed E-state index contributed by atoms with van der Waals surface area (Å²) in [6.07, 6.45) is -4.03. The molecule has 5 atom stereocenters. The van der Waals surface area contributed by atoms with Crippen LogP contribution in [-0.2, 0) is 9.47 Å². The van der Waals surface area contributed by atoms with Gasteiger partial charge in [0, 0.05) is 7.11 Å². The summed E-state index contributed by atoms with van der Waals surface area (Å²) in [7, 11) is 1.36. The molecule has 0 bridgehead atoms. The number of methoxy groups -OCH3 is 1. The van der Waals surface area contributed by atoms with Crippen molar-refractivity contribution >= 4 is 0 Å². The second kappa shape index (κ2) is 6.07. The van der Waals surface area contributed by atoms with Gasteiger partial charge in [0.1, 0.15) is 23.6 Å². The van der Waals surface area contributed by atoms with Gasteiger partial charge in [0.05, 0.1) is 6.61 Å². The highest BCUT2D eigenvalue weighted by Crippen LogP contribution is 2.33. The fourth-order valence-corrected chi connectivity index (χ4v) is 2.30. The van der Waals surface area contributed by atoms with Gasteiger partial charge in [-0.3, -0.25) is 0 Å². The van der Waals surface area contributed by atoms with Crippen LogP contribution in [0.1, 0.15) is 6.92 Å². The van der Waals surface area contributed by atoms with Crippen molar-refractivity contribution in [3.8, 4) is 5.75 Å². The van der Waals surface area contributed by atoms with Crippen LogP contribution in [0.15, 0.2) is 30.3 Å². The Kier molecular flexibility index (Phi) is 4.62. The molecule has 1 aromatic carbocycles. The third-order valence-electron chi connectivity index (χ3n) is 3.50. The lowest BCUT2D eigenvalue weighted by molar-refractivity contribution is -0.318. The highest BCUT2D eigenvalue weighted by Gasteiger charge is 2.54. The van der Waals surface area contributed by atoms with E-state index in [1.165, 1.54) is 14.0 Å². The van der Waals surface area contributed by atoms with E-state index in [2.05, 4.69) is 0 Å². The molecule has 0 amide bonds. The Balaban J connectivity index is 2.24. The van der Waals surface area contributed by atoms with Gasteiger partial charge in [-0.1, -0.05) is 18.2 Å². The second-order valence-electron chi connectivity index (χ2n) is 4.98. The predicted octanol–water partition coefficient (Wildman–Crippen LogP) is -0.0905. The molecular formula is C14H20O6. The monoisotopic (exact) mass is 284 g/mol. The molecule has 6 heteroatoms. The fraction of sp³-hybridized carbons (Fsp3) is 0.571. The summed E-state index contributed by atoms with van der Waals surface area (Å²) >= 11 is 0. The molecule has 0 radical (unpaired) electrons. The van der Waals surface area contributed by atoms with Gasteiger partial charge >= 0.3 is 0 Å². The number of aliphatic hydroxyl groups excluding tert-OH is 2. The second-order valence-corrected chi connectivity index (χ2v) is 4.98. The molecule has 1 aromatic rings. The molecule has 112 valence electrons. The number of benzene rings is 1. The fourth-order valence-electron chi connectivity index (χ4n) is 2.30. The van der Waals surface area contributed by atoms with Gasteiger partial charge in [-0.25, -0.2) is 0 Å². The summed E-state index contributed by atoms with van der Waals surface area (Å²) in [6, 6.07) is 8.85. The van der Waals surface area contributed by atoms with Crippen LogP contribution >= 0.6 is 0 Å². The van der Waals surface area contributed by atoms with Gasteiger partial charge < -0.3 is 29.5 Å². The number of hydrogen-bond donors (Lipinski definition) is 3. The van der Waals surface area contributed by atoms with Gasteiger partial charge in [-0.2, -0.15) is 0 Å². The Hall–Kier alpha value is -1.18. The highest BCUT2D eigenvalue weighted by molar-refractivity contribution is 5.22. The molecule has 3 N–H and O–H groups in total. The molecule has 1 heterocycles. The molecule has 1 fully saturated rings. The molecule has 6 nitrogen and oxygen atoms in total. The first-order valence-electron chi connectivity index (χ1n) is 6.42. The molecular weight excluding hydrogens is 264 g/mol. The number of para-hydroxylation sites is 1. The van der Waals surface area contributed by atoms with E-state index in [0.717, 1.165) is 0 Å². The van der Waals surface area contributed by atoms with Crippen LogP contribution in [-0.4, -0.2) is 59.2 Å². The van der Waals surface area contributed by atoms with E-state index < -0.39 is 30.2 Å². The maximum atomic E-state index is 10.5. The Morgan fingerprint density at radius 1 is 1.30 bits per heavy atom. The molecule has 0 aliphatic carbocycles. The molecule has 2 rings (SSSR count). The summed E-state index contributed by atoms with van der Waals surface area (Å²) < 4.78 is 16.1. The zero-order valence-electron chi connectivity index (χ0n) is 11.5. The van der Waals surface area contributed by atoms with Crippen molar-refractivity contribution in [3.05, 3.63) is 30.3 Å². The summed E-state index contributed by atoms with van der Waals surface area (Å²) in [5.74, 6) is 0.517. The van der Waals surface area contributed by atoms with Crippen molar-refractivity contribution in [2.75, 3.05) is 13.7 Å². The lowest BCUT2D eigenvalue weighted by atomic mass is 9.85. The number of rotatable bonds is 4. The largest absolute Gasteiger partial charge is 0.484 e. The lowest BCUT2D eigenvalue weighted by Crippen LogP contribution is -2.67. The summed E-state index contributed by atoms with van der Waals surface area (Å²) in [4.78, 5) is 0. The van der Waals surface area contributed by atoms with Gasteiger partial charge in [0.15, 0.2) is 12.4 Å². The minimum Gasteiger partial charge on any atom is -0.484 e. The van der Waals surface area contributed by atoms with E-state index in [4.69, 9.17) is 14.2 Å². The number of ether oxygens (including phenoxy) is 3. The van der Waals surface area contributed by atoms with Crippen molar-refractivity contribution in [1.29, 1.82) is 0 Å². The highest BCUT2D eigenvalue weighted by atomic mass is 16.7. The average molecular weight is 284 g/mol. The van der Waals surface area contributed by atoms with E-state index in [1.54, 1.807) is 24.3 Å². The third-order valence-corrected chi connectivity index (χ3v) is 3.50. The smallest absolute Gasteiger partial charge is 0.186 e. The van der Waals surface area contributed by atoms with E-state index in [0.29, 0.717) is 5.75 Å². The van der Waals surface area contributed by atoms with Crippen LogP contribution in [0.2, 0.25) is 0 Å². The van der Waals surface area contributed by atoms with E-state index in [1.807, 2.05) is 6.07 Å². The molecule has 0 unspecified atom stereocenters. The zero-order chi connectivity index (χ0) is 14.8. The SMILES string of the molecule is CO[C@H]1O[C@H](CO)[C@H](Oc2ccccc2)[C@@](C)(O)[C@H]1O. The molecule has 1 aliphatic heterocycles. The maximum absolute atomic E-state index is 10.5. The van der Waals surface area contributed by atoms with Crippen molar-refractivity contribution in [1.82, 2.24) is 0 Å². The Labute approximate surface area is 117 Å². The Morgan fingerprint density at radius 2 is 1.95 bits per heavy atom. The maximum Gasteiger partial charge on any atom is 0.186 e. The van der Waals surface area contributed by atoms with Crippen molar-refractivity contribution < 1.29 is 29.5 Å². The molecule has 20 heavy (non-hydrogen) atoms. The molecule has 1 aliphatic rings. The van der Waals surface area contributed by atoms with Crippen LogP contribution in [0.25, 0.3) is 0 Å². The summed E-state index contributed by atoms with van der Waals surface area (Å²) in [6.45, 7) is 1.07. The van der Waals surface area contributed by atoms with E-state index in [9.17, 15) is 15.3 Å². The summed E-state index contributed by atoms with van der Waals surface area (Å²) in [5, 5.41) is 30.0. The van der Waals surface area contributed by atoms with E-state index in [-0.39, 0.29) is 6.61 Å². The quantitative estimate of drug-likeness (QED) is 0.716. The third kappa shape index (κ3) is 2.79. The van der Waals surface area contributed by atoms with Crippen molar-refractivity contribution in [2.45, 2.75) is 37.1 Å². The first kappa shape index (κ1) is 15.2. The van der Waals surface area contributed by atoms with Crippen LogP contribution in [0.5, 0.6) is 5.75 Å². The van der Waals surface area contributed by atoms with Gasteiger partial charge in [-0.05, 0) is 19.1 Å². The Morgan fingerprint density at radius 3 is 2.50 bits per heavy atom. The minimum absolute atomic E-state index is 0.361. The van der Waals surface area contributed by atoms with Crippen LogP contribution in [0.3, 0.4) is 0 Å². The minimum atomic E-state index is -1.62. The molecule has 0 spiro atoms. The molecule has 0 saturated carbocycles. The van der Waals surface area contributed by atoms with E-state index >= 15 is 0 Å².